The predicted molar refractivity (Wildman–Crippen MR) is 126 cm³/mol. The topological polar surface area (TPSA) is 111 Å². The van der Waals surface area contributed by atoms with E-state index in [4.69, 9.17) is 0 Å². The Labute approximate surface area is 211 Å². The van der Waals surface area contributed by atoms with Crippen molar-refractivity contribution in [2.75, 3.05) is 11.6 Å². The Morgan fingerprint density at radius 3 is 2.58 bits per heavy atom. The second-order valence-electron chi connectivity index (χ2n) is 8.62. The number of benzene rings is 1. The number of alkyl halides is 3. The first-order chi connectivity index (χ1) is 18.2. The van der Waals surface area contributed by atoms with Crippen LogP contribution in [0.25, 0.3) is 22.2 Å². The molecule has 0 fully saturated rings. The summed E-state index contributed by atoms with van der Waals surface area (Å²) in [7, 11) is 0. The normalized spacial score (nSPS) is 15.2. The number of nitrogens with one attached hydrogen (secondary N) is 3. The van der Waals surface area contributed by atoms with Crippen LogP contribution in [-0.2, 0) is 24.1 Å². The maximum absolute atomic E-state index is 14.8. The molecule has 10 nitrogen and oxygen atoms in total. The van der Waals surface area contributed by atoms with Gasteiger partial charge in [0.2, 0.25) is 0 Å². The van der Waals surface area contributed by atoms with Crippen molar-refractivity contribution in [2.24, 2.45) is 0 Å². The number of hydrogen-bond acceptors (Lipinski definition) is 7. The number of carbonyl (C=O) groups excluding carboxylic acids is 2. The Bertz CT molecular complexity index is 1610. The van der Waals surface area contributed by atoms with Crippen LogP contribution >= 0.6 is 0 Å². The Hall–Kier alpha value is -4.72. The van der Waals surface area contributed by atoms with Gasteiger partial charge in [0.15, 0.2) is 17.3 Å². The number of hydrogen-bond donors (Lipinski definition) is 3. The Balaban J connectivity index is 1.32. The number of anilines is 1. The van der Waals surface area contributed by atoms with E-state index in [1.54, 1.807) is 42.7 Å². The van der Waals surface area contributed by atoms with Crippen LogP contribution in [0.1, 0.15) is 21.9 Å². The Kier molecular flexibility index (Phi) is 5.41. The van der Waals surface area contributed by atoms with E-state index in [0.29, 0.717) is 5.56 Å². The van der Waals surface area contributed by atoms with Crippen LogP contribution in [0.2, 0.25) is 0 Å². The second-order valence-corrected chi connectivity index (χ2v) is 8.62. The predicted octanol–water partition coefficient (Wildman–Crippen LogP) is 3.11. The molecule has 0 saturated heterocycles. The smallest absolute Gasteiger partial charge is 0.357 e. The fourth-order valence-electron chi connectivity index (χ4n) is 4.69. The first-order valence-electron chi connectivity index (χ1n) is 11.4. The van der Waals surface area contributed by atoms with E-state index >= 15 is 0 Å². The highest BCUT2D eigenvalue weighted by atomic mass is 19.4. The zero-order valence-electron chi connectivity index (χ0n) is 19.4. The fourth-order valence-corrected chi connectivity index (χ4v) is 4.69. The van der Waals surface area contributed by atoms with Gasteiger partial charge in [-0.25, -0.2) is 19.4 Å². The molecule has 38 heavy (non-hydrogen) atoms. The maximum Gasteiger partial charge on any atom is 0.435 e. The molecule has 1 aromatic carbocycles. The maximum atomic E-state index is 14.8. The molecule has 3 aromatic heterocycles. The van der Waals surface area contributed by atoms with E-state index in [-0.39, 0.29) is 53.4 Å². The summed E-state index contributed by atoms with van der Waals surface area (Å²) >= 11 is 0. The second kappa shape index (κ2) is 8.69. The molecule has 0 unspecified atom stereocenters. The summed E-state index contributed by atoms with van der Waals surface area (Å²) in [6.45, 7) is -0.346. The summed E-state index contributed by atoms with van der Waals surface area (Å²) in [6.07, 6.45) is 0.585. The Morgan fingerprint density at radius 1 is 1.08 bits per heavy atom. The SMILES string of the molecule is O=C(C(=O)N1CCn2c(nc(C(F)(F)F)c2-c2ccccc2)C1)c1c[nH]c2c(N3C=CNN3)ncc(F)c12. The molecule has 194 valence electrons. The van der Waals surface area contributed by atoms with Gasteiger partial charge in [-0.05, 0) is 0 Å². The highest BCUT2D eigenvalue weighted by Gasteiger charge is 2.41. The van der Waals surface area contributed by atoms with Crippen LogP contribution in [0.5, 0.6) is 0 Å². The zero-order valence-corrected chi connectivity index (χ0v) is 19.4. The van der Waals surface area contributed by atoms with Gasteiger partial charge in [-0.2, -0.15) is 13.2 Å². The number of amides is 1. The molecule has 5 heterocycles. The summed E-state index contributed by atoms with van der Waals surface area (Å²) in [5, 5.41) is 1.32. The van der Waals surface area contributed by atoms with E-state index < -0.39 is 29.4 Å². The van der Waals surface area contributed by atoms with E-state index in [2.05, 4.69) is 25.9 Å². The average molecular weight is 526 g/mol. The largest absolute Gasteiger partial charge is 0.435 e. The monoisotopic (exact) mass is 526 g/mol. The number of rotatable bonds is 4. The average Bonchev–Trinajstić information content (AvgIpc) is 3.67. The highest BCUT2D eigenvalue weighted by molar-refractivity contribution is 6.45. The van der Waals surface area contributed by atoms with Gasteiger partial charge in [-0.1, -0.05) is 30.3 Å². The molecule has 4 aromatic rings. The van der Waals surface area contributed by atoms with Crippen molar-refractivity contribution < 1.29 is 27.2 Å². The van der Waals surface area contributed by atoms with Gasteiger partial charge < -0.3 is 19.9 Å². The standard InChI is InChI=1S/C24H18F4N8O2/c25-15-11-30-22(36-7-6-31-33-36)18-17(15)14(10-29-18)20(37)23(38)34-8-9-35-16(12-34)32-21(24(26,27)28)19(35)13-4-2-1-3-5-13/h1-7,10-11,29,31,33H,8-9,12H2. The lowest BCUT2D eigenvalue weighted by molar-refractivity contribution is -0.140. The lowest BCUT2D eigenvalue weighted by atomic mass is 10.1. The van der Waals surface area contributed by atoms with Crippen LogP contribution in [0.3, 0.4) is 0 Å². The van der Waals surface area contributed by atoms with E-state index in [1.165, 1.54) is 15.8 Å². The minimum Gasteiger partial charge on any atom is -0.357 e. The van der Waals surface area contributed by atoms with Crippen LogP contribution in [-0.4, -0.2) is 42.7 Å². The number of fused-ring (bicyclic) bond motifs is 2. The van der Waals surface area contributed by atoms with Crippen molar-refractivity contribution in [1.29, 1.82) is 0 Å². The number of aromatic amines is 1. The lowest BCUT2D eigenvalue weighted by Crippen LogP contribution is -2.42. The van der Waals surface area contributed by atoms with Gasteiger partial charge in [0.05, 0.1) is 34.9 Å². The Morgan fingerprint density at radius 2 is 1.87 bits per heavy atom. The third-order valence-electron chi connectivity index (χ3n) is 6.38. The molecule has 14 heteroatoms. The van der Waals surface area contributed by atoms with Gasteiger partial charge in [0.25, 0.3) is 11.7 Å². The van der Waals surface area contributed by atoms with Crippen molar-refractivity contribution >= 4 is 28.4 Å². The summed E-state index contributed by atoms with van der Waals surface area (Å²) in [4.78, 5) is 38.1. The number of imidazole rings is 1. The molecule has 0 atom stereocenters. The van der Waals surface area contributed by atoms with Gasteiger partial charge in [-0.3, -0.25) is 9.59 Å². The molecule has 0 aliphatic carbocycles. The van der Waals surface area contributed by atoms with Crippen molar-refractivity contribution in [3.05, 3.63) is 78.0 Å². The van der Waals surface area contributed by atoms with Gasteiger partial charge in [0, 0.05) is 37.2 Å². The molecule has 0 bridgehead atoms. The number of pyridine rings is 1. The van der Waals surface area contributed by atoms with Crippen molar-refractivity contribution in [2.45, 2.75) is 19.3 Å². The summed E-state index contributed by atoms with van der Waals surface area (Å²) < 4.78 is 57.7. The molecular weight excluding hydrogens is 508 g/mol. The van der Waals surface area contributed by atoms with Crippen LogP contribution < -0.4 is 16.0 Å². The zero-order chi connectivity index (χ0) is 26.6. The van der Waals surface area contributed by atoms with Crippen LogP contribution in [0, 0.1) is 5.82 Å². The number of hydrazine groups is 2. The summed E-state index contributed by atoms with van der Waals surface area (Å²) in [5.74, 6) is -2.54. The van der Waals surface area contributed by atoms with Gasteiger partial charge in [0.1, 0.15) is 5.82 Å². The number of nitrogens with zero attached hydrogens (tertiary/aromatic N) is 5. The lowest BCUT2D eigenvalue weighted by Gasteiger charge is -2.28. The number of carbonyl (C=O) groups is 2. The summed E-state index contributed by atoms with van der Waals surface area (Å²) in [6, 6.07) is 8.05. The molecule has 2 aliphatic heterocycles. The van der Waals surface area contributed by atoms with Crippen LogP contribution in [0.4, 0.5) is 23.4 Å². The third kappa shape index (κ3) is 3.76. The minimum atomic E-state index is -4.72. The molecule has 6 rings (SSSR count). The highest BCUT2D eigenvalue weighted by Crippen LogP contribution is 2.38. The number of aromatic nitrogens is 4. The molecular formula is C24H18F4N8O2. The summed E-state index contributed by atoms with van der Waals surface area (Å²) in [5.41, 5.74) is 4.62. The van der Waals surface area contributed by atoms with Gasteiger partial charge in [-0.15, -0.1) is 5.53 Å². The quantitative estimate of drug-likeness (QED) is 0.213. The fraction of sp³-hybridized carbons (Fsp3) is 0.167. The van der Waals surface area contributed by atoms with Crippen molar-refractivity contribution in [3.8, 4) is 11.3 Å². The molecule has 1 amide bonds. The molecule has 2 aliphatic rings. The molecule has 0 saturated carbocycles. The van der Waals surface area contributed by atoms with E-state index in [1.807, 2.05) is 0 Å². The van der Waals surface area contributed by atoms with E-state index in [9.17, 15) is 27.2 Å². The van der Waals surface area contributed by atoms with Crippen LogP contribution in [0.15, 0.2) is 55.1 Å². The van der Waals surface area contributed by atoms with Crippen molar-refractivity contribution in [1.82, 2.24) is 35.4 Å². The van der Waals surface area contributed by atoms with E-state index in [0.717, 1.165) is 11.1 Å². The first kappa shape index (κ1) is 23.7. The molecule has 3 N–H and O–H groups in total. The third-order valence-corrected chi connectivity index (χ3v) is 6.38. The number of Topliss-reactive ketones (excluding diaryl/α,β-unsaturated/α-hetero) is 1. The first-order valence-corrected chi connectivity index (χ1v) is 11.4. The van der Waals surface area contributed by atoms with Crippen molar-refractivity contribution in [3.63, 3.8) is 0 Å². The number of H-pyrrole nitrogens is 1. The molecule has 0 spiro atoms. The minimum absolute atomic E-state index is 0.000401. The van der Waals surface area contributed by atoms with Gasteiger partial charge >= 0.3 is 6.18 Å². The molecule has 0 radical (unpaired) electrons. The number of ketones is 1. The number of halogens is 4.